The molecule has 1 fully saturated rings. The Bertz CT molecular complexity index is 343. The van der Waals surface area contributed by atoms with Crippen LogP contribution in [0.25, 0.3) is 0 Å². The summed E-state index contributed by atoms with van der Waals surface area (Å²) in [6.45, 7) is 6.37. The first-order valence-corrected chi connectivity index (χ1v) is 6.29. The molecule has 0 saturated heterocycles. The molecule has 0 radical (unpaired) electrons. The minimum atomic E-state index is 0.537. The number of hydrogen-bond donors (Lipinski definition) is 1. The van der Waals surface area contributed by atoms with Crippen LogP contribution in [0.15, 0.2) is 42.6 Å². The Morgan fingerprint density at radius 1 is 1.44 bits per heavy atom. The van der Waals surface area contributed by atoms with Crippen molar-refractivity contribution in [2.24, 2.45) is 5.92 Å². The molecule has 0 spiro atoms. The lowest BCUT2D eigenvalue weighted by Gasteiger charge is -2.19. The van der Waals surface area contributed by atoms with Crippen LogP contribution in [0, 0.1) is 5.92 Å². The molecular formula is C14H20BN. The highest BCUT2D eigenvalue weighted by Crippen LogP contribution is 2.34. The van der Waals surface area contributed by atoms with E-state index in [9.17, 15) is 0 Å². The molecule has 1 unspecified atom stereocenters. The van der Waals surface area contributed by atoms with Crippen molar-refractivity contribution in [2.75, 3.05) is 0 Å². The van der Waals surface area contributed by atoms with Crippen molar-refractivity contribution in [1.29, 1.82) is 0 Å². The van der Waals surface area contributed by atoms with Crippen LogP contribution in [0.5, 0.6) is 0 Å². The largest absolute Gasteiger partial charge is 0.393 e. The van der Waals surface area contributed by atoms with Gasteiger partial charge < -0.3 is 5.32 Å². The Kier molecular flexibility index (Phi) is 3.71. The fourth-order valence-electron chi connectivity index (χ4n) is 2.01. The maximum atomic E-state index is 4.13. The van der Waals surface area contributed by atoms with E-state index in [0.717, 1.165) is 19.6 Å². The van der Waals surface area contributed by atoms with Gasteiger partial charge in [-0.05, 0) is 30.7 Å². The molecule has 1 saturated carbocycles. The smallest absolute Gasteiger partial charge is 0.146 e. The molecule has 2 heteroatoms. The number of allylic oxidation sites excluding steroid dienone is 1. The molecule has 1 aliphatic rings. The first kappa shape index (κ1) is 11.3. The fourth-order valence-corrected chi connectivity index (χ4v) is 2.01. The van der Waals surface area contributed by atoms with Gasteiger partial charge in [-0.3, -0.25) is 0 Å². The predicted molar refractivity (Wildman–Crippen MR) is 71.9 cm³/mol. The zero-order valence-electron chi connectivity index (χ0n) is 10.1. The first-order chi connectivity index (χ1) is 7.79. The topological polar surface area (TPSA) is 12.0 Å². The van der Waals surface area contributed by atoms with Crippen LogP contribution in [0.1, 0.15) is 18.4 Å². The van der Waals surface area contributed by atoms with Crippen molar-refractivity contribution in [3.8, 4) is 0 Å². The molecule has 0 aromatic heterocycles. The Morgan fingerprint density at radius 2 is 2.12 bits per heavy atom. The fraction of sp³-hybridized carbons (Fsp3) is 0.429. The van der Waals surface area contributed by atoms with Crippen LogP contribution in [0.2, 0.25) is 6.82 Å². The van der Waals surface area contributed by atoms with E-state index >= 15 is 0 Å². The predicted octanol–water partition coefficient (Wildman–Crippen LogP) is 2.55. The third-order valence-corrected chi connectivity index (χ3v) is 3.28. The summed E-state index contributed by atoms with van der Waals surface area (Å²) in [6.07, 6.45) is 3.75. The number of nitrogens with one attached hydrogen (secondary N) is 1. The molecule has 16 heavy (non-hydrogen) atoms. The summed E-state index contributed by atoms with van der Waals surface area (Å²) >= 11 is 0. The van der Waals surface area contributed by atoms with Gasteiger partial charge in [-0.25, -0.2) is 0 Å². The monoisotopic (exact) mass is 213 g/mol. The molecule has 0 heterocycles. The van der Waals surface area contributed by atoms with Gasteiger partial charge in [-0.15, -0.1) is 0 Å². The second-order valence-electron chi connectivity index (χ2n) is 4.74. The third-order valence-electron chi connectivity index (χ3n) is 3.28. The number of benzene rings is 1. The Morgan fingerprint density at radius 3 is 2.69 bits per heavy atom. The van der Waals surface area contributed by atoms with Crippen molar-refractivity contribution in [2.45, 2.75) is 32.0 Å². The molecule has 1 aliphatic carbocycles. The molecule has 0 bridgehead atoms. The third kappa shape index (κ3) is 3.16. The van der Waals surface area contributed by atoms with Crippen LogP contribution in [-0.4, -0.2) is 13.2 Å². The van der Waals surface area contributed by atoms with Gasteiger partial charge in [0.1, 0.15) is 7.28 Å². The molecule has 0 amide bonds. The highest BCUT2D eigenvalue weighted by molar-refractivity contribution is 6.35. The Labute approximate surface area is 99.2 Å². The van der Waals surface area contributed by atoms with Gasteiger partial charge >= 0.3 is 0 Å². The van der Waals surface area contributed by atoms with Gasteiger partial charge in [-0.1, -0.05) is 43.7 Å². The first-order valence-electron chi connectivity index (χ1n) is 6.29. The van der Waals surface area contributed by atoms with Crippen LogP contribution in [-0.2, 0) is 6.42 Å². The molecule has 1 nitrogen and oxygen atoms in total. The molecule has 84 valence electrons. The van der Waals surface area contributed by atoms with E-state index in [0.29, 0.717) is 5.94 Å². The normalized spacial score (nSPS) is 16.6. The molecular weight excluding hydrogens is 193 g/mol. The highest BCUT2D eigenvalue weighted by atomic mass is 14.9. The highest BCUT2D eigenvalue weighted by Gasteiger charge is 2.25. The SMILES string of the molecule is C=C(NC(BC)Cc1ccccc1)C1CC1. The molecule has 2 rings (SSSR count). The standard InChI is InChI=1S/C14H20BN/c1-11(13-8-9-13)16-14(15-2)10-12-6-4-3-5-7-12/h3-7,13-16H,1,8-10H2,2H3. The van der Waals surface area contributed by atoms with Crippen molar-refractivity contribution < 1.29 is 0 Å². The average molecular weight is 213 g/mol. The summed E-state index contributed by atoms with van der Waals surface area (Å²) in [7, 11) is 1.15. The molecule has 0 aliphatic heterocycles. The average Bonchev–Trinajstić information content (AvgIpc) is 3.13. The number of hydrogen-bond acceptors (Lipinski definition) is 1. The lowest BCUT2D eigenvalue weighted by Crippen LogP contribution is -2.35. The van der Waals surface area contributed by atoms with E-state index in [1.54, 1.807) is 0 Å². The van der Waals surface area contributed by atoms with Gasteiger partial charge in [-0.2, -0.15) is 0 Å². The van der Waals surface area contributed by atoms with Crippen LogP contribution in [0.3, 0.4) is 0 Å². The van der Waals surface area contributed by atoms with Crippen LogP contribution < -0.4 is 5.32 Å². The molecule has 1 aromatic carbocycles. The van der Waals surface area contributed by atoms with Crippen molar-refractivity contribution in [3.63, 3.8) is 0 Å². The maximum Gasteiger partial charge on any atom is 0.146 e. The zero-order chi connectivity index (χ0) is 11.4. The van der Waals surface area contributed by atoms with E-state index in [4.69, 9.17) is 0 Å². The van der Waals surface area contributed by atoms with E-state index in [2.05, 4.69) is 49.1 Å². The molecule has 1 aromatic rings. The van der Waals surface area contributed by atoms with Gasteiger partial charge in [0.15, 0.2) is 0 Å². The molecule has 1 atom stereocenters. The van der Waals surface area contributed by atoms with Gasteiger partial charge in [0.05, 0.1) is 0 Å². The lowest BCUT2D eigenvalue weighted by atomic mass is 9.69. The van der Waals surface area contributed by atoms with E-state index in [-0.39, 0.29) is 0 Å². The minimum Gasteiger partial charge on any atom is -0.393 e. The summed E-state index contributed by atoms with van der Waals surface area (Å²) in [6, 6.07) is 10.7. The van der Waals surface area contributed by atoms with Crippen LogP contribution >= 0.6 is 0 Å². The molecule has 1 N–H and O–H groups in total. The van der Waals surface area contributed by atoms with Crippen LogP contribution in [0.4, 0.5) is 0 Å². The summed E-state index contributed by atoms with van der Waals surface area (Å²) in [4.78, 5) is 0. The van der Waals surface area contributed by atoms with Gasteiger partial charge in [0.25, 0.3) is 0 Å². The summed E-state index contributed by atoms with van der Waals surface area (Å²) in [5.74, 6) is 1.29. The minimum absolute atomic E-state index is 0.537. The second kappa shape index (κ2) is 5.24. The maximum absolute atomic E-state index is 4.13. The quantitative estimate of drug-likeness (QED) is 0.716. The summed E-state index contributed by atoms with van der Waals surface area (Å²) < 4.78 is 0. The second-order valence-corrected chi connectivity index (χ2v) is 4.74. The van der Waals surface area contributed by atoms with E-state index in [1.807, 2.05) is 0 Å². The number of rotatable bonds is 6. The summed E-state index contributed by atoms with van der Waals surface area (Å²) in [5, 5.41) is 3.58. The summed E-state index contributed by atoms with van der Waals surface area (Å²) in [5.41, 5.74) is 2.66. The van der Waals surface area contributed by atoms with Crippen molar-refractivity contribution in [3.05, 3.63) is 48.2 Å². The zero-order valence-corrected chi connectivity index (χ0v) is 10.1. The van der Waals surface area contributed by atoms with Crippen molar-refractivity contribution >= 4 is 7.28 Å². The lowest BCUT2D eigenvalue weighted by molar-refractivity contribution is 0.680. The van der Waals surface area contributed by atoms with Gasteiger partial charge in [0.2, 0.25) is 0 Å². The van der Waals surface area contributed by atoms with Crippen molar-refractivity contribution in [1.82, 2.24) is 5.32 Å². The Balaban J connectivity index is 1.87. The van der Waals surface area contributed by atoms with Gasteiger partial charge in [0, 0.05) is 11.6 Å². The Hall–Kier alpha value is -1.18. The van der Waals surface area contributed by atoms with E-state index < -0.39 is 0 Å². The van der Waals surface area contributed by atoms with E-state index in [1.165, 1.54) is 24.1 Å².